The topological polar surface area (TPSA) is 86.6 Å². The second-order valence-electron chi connectivity index (χ2n) is 11.5. The van der Waals surface area contributed by atoms with Crippen molar-refractivity contribution in [2.24, 2.45) is 0 Å². The summed E-state index contributed by atoms with van der Waals surface area (Å²) < 4.78 is 96.6. The quantitative estimate of drug-likeness (QED) is 0.385. The van der Waals surface area contributed by atoms with E-state index in [4.69, 9.17) is 19.1 Å². The average Bonchev–Trinajstić information content (AvgIpc) is 3.59. The van der Waals surface area contributed by atoms with Crippen LogP contribution in [-0.2, 0) is 6.18 Å². The number of ether oxygens (including phenoxy) is 1. The summed E-state index contributed by atoms with van der Waals surface area (Å²) in [7, 11) is 0. The second-order valence-corrected chi connectivity index (χ2v) is 11.9. The normalized spacial score (nSPS) is 28.7. The van der Waals surface area contributed by atoms with Crippen LogP contribution in [0.5, 0.6) is 11.8 Å². The predicted molar refractivity (Wildman–Crippen MR) is 145 cm³/mol. The minimum Gasteiger partial charge on any atom is -0.508 e. The first-order valence-electron chi connectivity index (χ1n) is 14.8. The summed E-state index contributed by atoms with van der Waals surface area (Å²) in [5, 5.41) is 12.8. The Labute approximate surface area is 245 Å². The number of phenols is 1. The standard InChI is InChI=1S/C28H28ClF5N6O2/c29-20-7-17(41)6-18(21(20)28(32,33)34)23-22(31)24-19(9-35-23)25(39-11-15-2-3-16(12-39)36-15)38-26(37-24)42-13-27-4-1-5-40(27)10-14(30)8-27/h6-7,9,14-16,36,41H,1-5,8,10-13H2/t14-,15-,16+,27+/m1/s1/i13D2. The zero-order valence-electron chi connectivity index (χ0n) is 24.2. The summed E-state index contributed by atoms with van der Waals surface area (Å²) in [4.78, 5) is 16.3. The summed E-state index contributed by atoms with van der Waals surface area (Å²) in [6, 6.07) is 1.14. The van der Waals surface area contributed by atoms with Gasteiger partial charge in [0.1, 0.15) is 35.5 Å². The Morgan fingerprint density at radius 1 is 1.19 bits per heavy atom. The molecule has 224 valence electrons. The number of fused-ring (bicyclic) bond motifs is 4. The second kappa shape index (κ2) is 10.0. The van der Waals surface area contributed by atoms with Crippen molar-refractivity contribution >= 4 is 28.3 Å². The maximum absolute atomic E-state index is 16.4. The van der Waals surface area contributed by atoms with Crippen molar-refractivity contribution in [2.75, 3.05) is 37.6 Å². The molecule has 0 saturated carbocycles. The van der Waals surface area contributed by atoms with E-state index in [2.05, 4.69) is 20.3 Å². The fourth-order valence-electron chi connectivity index (χ4n) is 6.93. The molecule has 0 radical (unpaired) electrons. The van der Waals surface area contributed by atoms with Crippen LogP contribution in [0, 0.1) is 5.82 Å². The molecule has 4 saturated heterocycles. The third kappa shape index (κ3) is 4.69. The maximum atomic E-state index is 16.4. The van der Waals surface area contributed by atoms with E-state index < -0.39 is 69.4 Å². The number of anilines is 1. The molecule has 4 fully saturated rings. The van der Waals surface area contributed by atoms with Crippen LogP contribution in [0.2, 0.25) is 5.02 Å². The lowest BCUT2D eigenvalue weighted by molar-refractivity contribution is -0.137. The van der Waals surface area contributed by atoms with Gasteiger partial charge in [-0.25, -0.2) is 8.78 Å². The molecule has 4 aliphatic heterocycles. The fourth-order valence-corrected chi connectivity index (χ4v) is 7.25. The van der Waals surface area contributed by atoms with Crippen LogP contribution in [0.15, 0.2) is 18.3 Å². The molecular formula is C28H28ClF5N6O2. The van der Waals surface area contributed by atoms with Crippen LogP contribution >= 0.6 is 11.6 Å². The van der Waals surface area contributed by atoms with Crippen molar-refractivity contribution in [3.05, 3.63) is 34.7 Å². The van der Waals surface area contributed by atoms with Crippen molar-refractivity contribution in [1.82, 2.24) is 25.2 Å². The summed E-state index contributed by atoms with van der Waals surface area (Å²) >= 11 is 5.85. The lowest BCUT2D eigenvalue weighted by Gasteiger charge is -2.34. The Hall–Kier alpha value is -3.03. The van der Waals surface area contributed by atoms with Crippen LogP contribution in [0.25, 0.3) is 22.2 Å². The van der Waals surface area contributed by atoms with Gasteiger partial charge in [0.25, 0.3) is 0 Å². The van der Waals surface area contributed by atoms with Gasteiger partial charge in [0.15, 0.2) is 5.82 Å². The van der Waals surface area contributed by atoms with Gasteiger partial charge in [-0.3, -0.25) is 9.88 Å². The third-order valence-electron chi connectivity index (χ3n) is 8.71. The van der Waals surface area contributed by atoms with Crippen LogP contribution in [0.4, 0.5) is 27.8 Å². The largest absolute Gasteiger partial charge is 0.508 e. The number of nitrogens with one attached hydrogen (secondary N) is 1. The molecule has 4 atom stereocenters. The Morgan fingerprint density at radius 3 is 2.69 bits per heavy atom. The number of aromatic nitrogens is 3. The first-order valence-corrected chi connectivity index (χ1v) is 14.2. The van der Waals surface area contributed by atoms with Gasteiger partial charge in [-0.15, -0.1) is 0 Å². The number of aromatic hydroxyl groups is 1. The smallest absolute Gasteiger partial charge is 0.418 e. The summed E-state index contributed by atoms with van der Waals surface area (Å²) in [6.07, 6.45) is -2.40. The number of piperazine rings is 1. The van der Waals surface area contributed by atoms with Crippen LogP contribution in [0.3, 0.4) is 0 Å². The highest BCUT2D eigenvalue weighted by molar-refractivity contribution is 6.32. The van der Waals surface area contributed by atoms with Gasteiger partial charge in [0.05, 0.1) is 24.3 Å². The highest BCUT2D eigenvalue weighted by atomic mass is 35.5. The number of phenolic OH excluding ortho intramolecular Hbond substituents is 1. The predicted octanol–water partition coefficient (Wildman–Crippen LogP) is 5.10. The van der Waals surface area contributed by atoms with Gasteiger partial charge in [0.2, 0.25) is 0 Å². The number of rotatable bonds is 5. The van der Waals surface area contributed by atoms with E-state index in [0.717, 1.165) is 25.1 Å². The Bertz CT molecular complexity index is 1640. The van der Waals surface area contributed by atoms with Gasteiger partial charge in [0, 0.05) is 49.9 Å². The zero-order chi connectivity index (χ0) is 31.2. The Kier molecular flexibility index (Phi) is 6.08. The molecule has 1 aromatic carbocycles. The van der Waals surface area contributed by atoms with Crippen molar-refractivity contribution in [3.8, 4) is 23.0 Å². The average molecular weight is 613 g/mol. The van der Waals surface area contributed by atoms with E-state index >= 15 is 4.39 Å². The number of benzene rings is 1. The van der Waals surface area contributed by atoms with E-state index in [1.54, 1.807) is 4.90 Å². The van der Waals surface area contributed by atoms with Crippen molar-refractivity contribution in [1.29, 1.82) is 0 Å². The van der Waals surface area contributed by atoms with E-state index in [1.807, 2.05) is 4.90 Å². The van der Waals surface area contributed by atoms with Gasteiger partial charge < -0.3 is 20.1 Å². The van der Waals surface area contributed by atoms with Gasteiger partial charge in [-0.2, -0.15) is 23.1 Å². The lowest BCUT2D eigenvalue weighted by Crippen LogP contribution is -2.51. The molecule has 0 unspecified atom stereocenters. The molecule has 14 heteroatoms. The number of hydrogen-bond acceptors (Lipinski definition) is 8. The van der Waals surface area contributed by atoms with Gasteiger partial charge in [-0.1, -0.05) is 11.6 Å². The van der Waals surface area contributed by atoms with Gasteiger partial charge >= 0.3 is 12.2 Å². The molecule has 2 aromatic heterocycles. The number of nitrogens with zero attached hydrogens (tertiary/aromatic N) is 5. The molecule has 3 aromatic rings. The highest BCUT2D eigenvalue weighted by Crippen LogP contribution is 2.45. The minimum atomic E-state index is -5.01. The zero-order valence-corrected chi connectivity index (χ0v) is 22.9. The summed E-state index contributed by atoms with van der Waals surface area (Å²) in [5.74, 6) is -1.69. The molecule has 6 heterocycles. The van der Waals surface area contributed by atoms with E-state index in [-0.39, 0.29) is 36.3 Å². The SMILES string of the molecule is [2H]C([2H])(Oc1nc(N2C[C@H]3CC[C@@H](C2)N3)c2cnc(-c3cc(O)cc(Cl)c3C(F)(F)F)c(F)c2n1)[C@@]12CCCN1C[C@H](F)C2. The van der Waals surface area contributed by atoms with Gasteiger partial charge in [-0.05, 0) is 44.4 Å². The number of pyridine rings is 1. The molecule has 42 heavy (non-hydrogen) atoms. The van der Waals surface area contributed by atoms with Crippen LogP contribution in [-0.4, -0.2) is 81.5 Å². The monoisotopic (exact) mass is 612 g/mol. The molecule has 2 bridgehead atoms. The van der Waals surface area contributed by atoms with E-state index in [9.17, 15) is 22.7 Å². The molecule has 0 spiro atoms. The van der Waals surface area contributed by atoms with Crippen molar-refractivity contribution < 1.29 is 34.5 Å². The molecule has 0 amide bonds. The Balaban J connectivity index is 1.39. The lowest BCUT2D eigenvalue weighted by atomic mass is 9.95. The molecule has 8 nitrogen and oxygen atoms in total. The third-order valence-corrected chi connectivity index (χ3v) is 9.01. The number of hydrogen-bond donors (Lipinski definition) is 2. The summed E-state index contributed by atoms with van der Waals surface area (Å²) in [5.41, 5.74) is -4.66. The Morgan fingerprint density at radius 2 is 1.95 bits per heavy atom. The maximum Gasteiger partial charge on any atom is 0.418 e. The van der Waals surface area contributed by atoms with Crippen LogP contribution < -0.4 is 15.0 Å². The fraction of sp³-hybridized carbons (Fsp3) is 0.536. The number of alkyl halides is 4. The molecular weight excluding hydrogens is 583 g/mol. The van der Waals surface area contributed by atoms with E-state index in [0.29, 0.717) is 38.5 Å². The molecule has 2 N–H and O–H groups in total. The minimum absolute atomic E-state index is 0.0634. The van der Waals surface area contributed by atoms with Crippen molar-refractivity contribution in [2.45, 2.75) is 62.1 Å². The van der Waals surface area contributed by atoms with Crippen molar-refractivity contribution in [3.63, 3.8) is 0 Å². The highest BCUT2D eigenvalue weighted by Gasteiger charge is 2.49. The molecule has 0 aliphatic carbocycles. The first kappa shape index (κ1) is 25.5. The number of halogens is 6. The molecule has 7 rings (SSSR count). The van der Waals surface area contributed by atoms with E-state index in [1.165, 1.54) is 0 Å². The van der Waals surface area contributed by atoms with Crippen LogP contribution in [0.1, 0.15) is 40.4 Å². The summed E-state index contributed by atoms with van der Waals surface area (Å²) in [6.45, 7) is -0.950. The molecule has 4 aliphatic rings. The first-order chi connectivity index (χ1) is 20.8.